The molecule has 0 aliphatic carbocycles. The Morgan fingerprint density at radius 2 is 1.74 bits per heavy atom. The van der Waals surface area contributed by atoms with Crippen LogP contribution in [0.5, 0.6) is 0 Å². The van der Waals surface area contributed by atoms with Crippen LogP contribution < -0.4 is 5.73 Å². The Morgan fingerprint density at radius 3 is 2.35 bits per heavy atom. The maximum absolute atomic E-state index is 13.8. The monoisotopic (exact) mass is 428 g/mol. The minimum Gasteiger partial charge on any atom is -0.329 e. The Bertz CT molecular complexity index is 1010. The molecule has 0 unspecified atom stereocenters. The molecule has 0 aliphatic heterocycles. The van der Waals surface area contributed by atoms with Crippen molar-refractivity contribution in [3.05, 3.63) is 83.7 Å². The highest BCUT2D eigenvalue weighted by molar-refractivity contribution is 5.59. The van der Waals surface area contributed by atoms with E-state index in [-0.39, 0.29) is 17.0 Å². The molecular formula is C25H29F3N3. The van der Waals surface area contributed by atoms with E-state index in [4.69, 9.17) is 10.7 Å². The van der Waals surface area contributed by atoms with Crippen LogP contribution >= 0.6 is 0 Å². The molecular weight excluding hydrogens is 399 g/mol. The van der Waals surface area contributed by atoms with Gasteiger partial charge in [0.15, 0.2) is 0 Å². The zero-order chi connectivity index (χ0) is 22.6. The molecule has 31 heavy (non-hydrogen) atoms. The smallest absolute Gasteiger partial charge is 0.123 e. The van der Waals surface area contributed by atoms with Crippen LogP contribution in [0.15, 0.2) is 54.7 Å². The lowest BCUT2D eigenvalue weighted by Crippen LogP contribution is -2.28. The van der Waals surface area contributed by atoms with Gasteiger partial charge < -0.3 is 10.3 Å². The number of nitrogens with two attached hydrogens (primary N) is 1. The topological polar surface area (TPSA) is 43.8 Å². The second kappa shape index (κ2) is 9.69. The Morgan fingerprint density at radius 1 is 1.06 bits per heavy atom. The first-order valence-electron chi connectivity index (χ1n) is 10.4. The lowest BCUT2D eigenvalue weighted by Gasteiger charge is -2.30. The fraction of sp³-hybridized carbons (Fsp3) is 0.360. The van der Waals surface area contributed by atoms with E-state index in [0.717, 1.165) is 17.3 Å². The summed E-state index contributed by atoms with van der Waals surface area (Å²) in [5.74, 6) is 1.10. The van der Waals surface area contributed by atoms with E-state index in [9.17, 15) is 13.2 Å². The Kier molecular flexibility index (Phi) is 7.21. The van der Waals surface area contributed by atoms with E-state index in [1.54, 1.807) is 18.2 Å². The average molecular weight is 429 g/mol. The summed E-state index contributed by atoms with van der Waals surface area (Å²) in [7, 11) is 0. The molecule has 2 N–H and O–H groups in total. The Balaban J connectivity index is 2.05. The number of hydrogen-bond donors (Lipinski definition) is 1. The summed E-state index contributed by atoms with van der Waals surface area (Å²) in [5, 5.41) is 0. The van der Waals surface area contributed by atoms with E-state index in [0.29, 0.717) is 30.6 Å². The van der Waals surface area contributed by atoms with Crippen LogP contribution in [0.1, 0.15) is 45.0 Å². The molecule has 0 bridgehead atoms. The largest absolute Gasteiger partial charge is 0.329 e. The van der Waals surface area contributed by atoms with Crippen molar-refractivity contribution in [1.82, 2.24) is 9.55 Å². The number of halogens is 3. The predicted molar refractivity (Wildman–Crippen MR) is 118 cm³/mol. The van der Waals surface area contributed by atoms with Crippen molar-refractivity contribution in [2.45, 2.75) is 46.2 Å². The van der Waals surface area contributed by atoms with Crippen LogP contribution in [0.3, 0.4) is 0 Å². The van der Waals surface area contributed by atoms with Gasteiger partial charge in [-0.25, -0.2) is 18.2 Å². The molecule has 165 valence electrons. The first-order valence-corrected chi connectivity index (χ1v) is 10.4. The highest BCUT2D eigenvalue weighted by Gasteiger charge is 2.32. The summed E-state index contributed by atoms with van der Waals surface area (Å²) in [5.41, 5.74) is 7.66. The van der Waals surface area contributed by atoms with E-state index >= 15 is 0 Å². The molecule has 1 radical (unpaired) electrons. The van der Waals surface area contributed by atoms with Gasteiger partial charge in [0, 0.05) is 30.3 Å². The number of aromatic nitrogens is 2. The van der Waals surface area contributed by atoms with Gasteiger partial charge in [0.05, 0.1) is 5.69 Å². The van der Waals surface area contributed by atoms with Gasteiger partial charge in [0.25, 0.3) is 0 Å². The standard InChI is InChI=1S/C25H29F3N3/c1-25(2,3)22(11-10-21(29)14-26)24-30-23(18-7-5-9-20(28)13-18)16-31(24)15-17-6-4-8-19(27)12-17/h4-9,12-13,16,21H,10-11,14-15,29H2,1-3H3/t21-/m0/s1. The molecule has 3 aromatic rings. The fourth-order valence-corrected chi connectivity index (χ4v) is 3.63. The number of alkyl halides is 1. The van der Waals surface area contributed by atoms with Gasteiger partial charge >= 0.3 is 0 Å². The van der Waals surface area contributed by atoms with Gasteiger partial charge in [-0.3, -0.25) is 0 Å². The third-order valence-corrected chi connectivity index (χ3v) is 5.28. The molecule has 1 atom stereocenters. The van der Waals surface area contributed by atoms with E-state index in [1.165, 1.54) is 24.3 Å². The number of benzene rings is 2. The van der Waals surface area contributed by atoms with Crippen molar-refractivity contribution in [3.63, 3.8) is 0 Å². The highest BCUT2D eigenvalue weighted by Crippen LogP contribution is 2.38. The number of imidazole rings is 1. The third-order valence-electron chi connectivity index (χ3n) is 5.28. The Labute approximate surface area is 182 Å². The number of nitrogens with zero attached hydrogens (tertiary/aromatic N) is 2. The van der Waals surface area contributed by atoms with Crippen LogP contribution in [-0.4, -0.2) is 22.3 Å². The zero-order valence-corrected chi connectivity index (χ0v) is 18.2. The average Bonchev–Trinajstić information content (AvgIpc) is 3.10. The summed E-state index contributed by atoms with van der Waals surface area (Å²) >= 11 is 0. The van der Waals surface area contributed by atoms with Crippen LogP contribution in [0.4, 0.5) is 13.2 Å². The molecule has 0 saturated heterocycles. The second-order valence-electron chi connectivity index (χ2n) is 8.90. The SMILES string of the molecule is CC(C)(C)[C](CC[C@H](N)CF)c1nc(-c2cccc(F)c2)cn1Cc1cccc(F)c1. The molecule has 0 aliphatic rings. The molecule has 1 heterocycles. The fourth-order valence-electron chi connectivity index (χ4n) is 3.63. The van der Waals surface area contributed by atoms with Crippen molar-refractivity contribution in [1.29, 1.82) is 0 Å². The van der Waals surface area contributed by atoms with Crippen molar-refractivity contribution in [2.24, 2.45) is 11.1 Å². The molecule has 2 aromatic carbocycles. The molecule has 0 fully saturated rings. The van der Waals surface area contributed by atoms with Crippen LogP contribution in [0.25, 0.3) is 11.3 Å². The van der Waals surface area contributed by atoms with Crippen molar-refractivity contribution in [2.75, 3.05) is 6.67 Å². The van der Waals surface area contributed by atoms with Gasteiger partial charge in [0.2, 0.25) is 0 Å². The summed E-state index contributed by atoms with van der Waals surface area (Å²) in [6.45, 7) is 6.05. The van der Waals surface area contributed by atoms with E-state index in [1.807, 2.05) is 16.8 Å². The molecule has 3 nitrogen and oxygen atoms in total. The Hall–Kier alpha value is -2.60. The van der Waals surface area contributed by atoms with Crippen LogP contribution in [0.2, 0.25) is 0 Å². The van der Waals surface area contributed by atoms with Crippen molar-refractivity contribution in [3.8, 4) is 11.3 Å². The first kappa shape index (κ1) is 23.1. The third kappa shape index (κ3) is 5.97. The molecule has 1 aromatic heterocycles. The van der Waals surface area contributed by atoms with Gasteiger partial charge in [-0.2, -0.15) is 0 Å². The van der Waals surface area contributed by atoms with E-state index < -0.39 is 12.7 Å². The quantitative estimate of drug-likeness (QED) is 0.484. The maximum Gasteiger partial charge on any atom is 0.123 e. The van der Waals surface area contributed by atoms with Crippen molar-refractivity contribution >= 4 is 0 Å². The van der Waals surface area contributed by atoms with Crippen molar-refractivity contribution < 1.29 is 13.2 Å². The summed E-state index contributed by atoms with van der Waals surface area (Å²) in [4.78, 5) is 4.84. The molecule has 0 amide bonds. The minimum atomic E-state index is -0.580. The van der Waals surface area contributed by atoms with Gasteiger partial charge in [-0.05, 0) is 48.1 Å². The highest BCUT2D eigenvalue weighted by atomic mass is 19.1. The number of hydrogen-bond acceptors (Lipinski definition) is 2. The van der Waals surface area contributed by atoms with E-state index in [2.05, 4.69) is 20.8 Å². The predicted octanol–water partition coefficient (Wildman–Crippen LogP) is 5.92. The van der Waals surface area contributed by atoms with Crippen LogP contribution in [-0.2, 0) is 6.54 Å². The zero-order valence-electron chi connectivity index (χ0n) is 18.2. The summed E-state index contributed by atoms with van der Waals surface area (Å²) in [6, 6.07) is 12.2. The minimum absolute atomic E-state index is 0.250. The van der Waals surface area contributed by atoms with Gasteiger partial charge in [0.1, 0.15) is 24.1 Å². The lowest BCUT2D eigenvalue weighted by molar-refractivity contribution is 0.368. The van der Waals surface area contributed by atoms with Gasteiger partial charge in [-0.1, -0.05) is 45.0 Å². The summed E-state index contributed by atoms with van der Waals surface area (Å²) in [6.07, 6.45) is 2.93. The number of rotatable bonds is 8. The lowest BCUT2D eigenvalue weighted by atomic mass is 9.77. The first-order chi connectivity index (χ1) is 14.7. The summed E-state index contributed by atoms with van der Waals surface area (Å²) < 4.78 is 42.5. The van der Waals surface area contributed by atoms with Crippen LogP contribution in [0, 0.1) is 23.0 Å². The second-order valence-corrected chi connectivity index (χ2v) is 8.90. The van der Waals surface area contributed by atoms with Gasteiger partial charge in [-0.15, -0.1) is 0 Å². The molecule has 3 rings (SSSR count). The normalized spacial score (nSPS) is 13.0. The molecule has 0 spiro atoms. The molecule has 6 heteroatoms. The molecule has 0 saturated carbocycles. The maximum atomic E-state index is 13.8.